The highest BCUT2D eigenvalue weighted by Gasteiger charge is 2.15. The van der Waals surface area contributed by atoms with Crippen LogP contribution in [0.5, 0.6) is 0 Å². The first-order valence-corrected chi connectivity index (χ1v) is 6.16. The monoisotopic (exact) mass is 310 g/mol. The molecule has 4 nitrogen and oxygen atoms in total. The van der Waals surface area contributed by atoms with Crippen LogP contribution in [0.2, 0.25) is 0 Å². The van der Waals surface area contributed by atoms with Crippen LogP contribution in [0.25, 0.3) is 0 Å². The summed E-state index contributed by atoms with van der Waals surface area (Å²) in [7, 11) is 0. The first kappa shape index (κ1) is 13.1. The number of nitrogens with two attached hydrogens (primary N) is 1. The normalized spacial score (nSPS) is 12.4. The number of hydrazine groups is 1. The average Bonchev–Trinajstić information content (AvgIpc) is 2.41. The number of hydrogen-bond donors (Lipinski definition) is 2. The summed E-state index contributed by atoms with van der Waals surface area (Å²) in [6.45, 7) is 0. The third-order valence-electron chi connectivity index (χ3n) is 2.60. The van der Waals surface area contributed by atoms with E-state index in [0.717, 1.165) is 11.3 Å². The summed E-state index contributed by atoms with van der Waals surface area (Å²) in [4.78, 5) is 8.18. The molecule has 0 amide bonds. The zero-order valence-electron chi connectivity index (χ0n) is 9.48. The molecular weight excluding hydrogens is 299 g/mol. The van der Waals surface area contributed by atoms with E-state index < -0.39 is 0 Å². The third-order valence-corrected chi connectivity index (χ3v) is 3.49. The van der Waals surface area contributed by atoms with Crippen LogP contribution < -0.4 is 11.3 Å². The van der Waals surface area contributed by atoms with Crippen LogP contribution in [0.4, 0.5) is 4.39 Å². The molecule has 18 heavy (non-hydrogen) atoms. The molecule has 1 aromatic heterocycles. The summed E-state index contributed by atoms with van der Waals surface area (Å²) in [6, 6.07) is 4.70. The fourth-order valence-electron chi connectivity index (χ4n) is 1.67. The standard InChI is InChI=1S/C12H12BrFN4/c13-12-8(2-1-3-9(12)14)6-10(18-15)11-7-16-4-5-17-11/h1-5,7,10,18H,6,15H2. The molecule has 94 valence electrons. The molecule has 6 heteroatoms. The number of halogens is 2. The minimum absolute atomic E-state index is 0.211. The number of benzene rings is 1. The first-order valence-electron chi connectivity index (χ1n) is 5.37. The van der Waals surface area contributed by atoms with E-state index >= 15 is 0 Å². The lowest BCUT2D eigenvalue weighted by atomic mass is 10.0. The van der Waals surface area contributed by atoms with Crippen molar-refractivity contribution in [3.63, 3.8) is 0 Å². The molecule has 0 radical (unpaired) electrons. The van der Waals surface area contributed by atoms with Gasteiger partial charge in [0.05, 0.1) is 22.4 Å². The summed E-state index contributed by atoms with van der Waals surface area (Å²) in [6.07, 6.45) is 5.35. The van der Waals surface area contributed by atoms with Gasteiger partial charge >= 0.3 is 0 Å². The fourth-order valence-corrected chi connectivity index (χ4v) is 2.09. The van der Waals surface area contributed by atoms with E-state index in [2.05, 4.69) is 31.3 Å². The topological polar surface area (TPSA) is 63.8 Å². The van der Waals surface area contributed by atoms with E-state index in [1.54, 1.807) is 24.7 Å². The highest BCUT2D eigenvalue weighted by molar-refractivity contribution is 9.10. The van der Waals surface area contributed by atoms with Crippen molar-refractivity contribution in [1.82, 2.24) is 15.4 Å². The van der Waals surface area contributed by atoms with Gasteiger partial charge in [0.2, 0.25) is 0 Å². The van der Waals surface area contributed by atoms with Gasteiger partial charge in [-0.3, -0.25) is 21.2 Å². The van der Waals surface area contributed by atoms with E-state index in [9.17, 15) is 4.39 Å². The summed E-state index contributed by atoms with van der Waals surface area (Å²) in [5.74, 6) is 5.22. The summed E-state index contributed by atoms with van der Waals surface area (Å²) >= 11 is 3.23. The SMILES string of the molecule is NNC(Cc1cccc(F)c1Br)c1cnccn1. The molecule has 0 aliphatic heterocycles. The molecule has 0 fully saturated rings. The second kappa shape index (κ2) is 5.99. The lowest BCUT2D eigenvalue weighted by Crippen LogP contribution is -2.30. The van der Waals surface area contributed by atoms with Gasteiger partial charge in [0, 0.05) is 12.4 Å². The number of nitrogens with one attached hydrogen (secondary N) is 1. The van der Waals surface area contributed by atoms with Crippen LogP contribution in [0.15, 0.2) is 41.3 Å². The molecule has 1 heterocycles. The Bertz CT molecular complexity index is 521. The summed E-state index contributed by atoms with van der Waals surface area (Å²) in [5, 5.41) is 0. The molecule has 2 rings (SSSR count). The number of hydrogen-bond acceptors (Lipinski definition) is 4. The molecule has 2 aromatic rings. The number of nitrogens with zero attached hydrogens (tertiary/aromatic N) is 2. The van der Waals surface area contributed by atoms with Gasteiger partial charge in [0.25, 0.3) is 0 Å². The lowest BCUT2D eigenvalue weighted by molar-refractivity contribution is 0.532. The second-order valence-electron chi connectivity index (χ2n) is 3.77. The van der Waals surface area contributed by atoms with E-state index in [0.29, 0.717) is 10.9 Å². The summed E-state index contributed by atoms with van der Waals surface area (Å²) in [5.41, 5.74) is 4.21. The Kier molecular flexibility index (Phi) is 4.35. The van der Waals surface area contributed by atoms with Gasteiger partial charge in [-0.1, -0.05) is 12.1 Å². The minimum Gasteiger partial charge on any atom is -0.271 e. The van der Waals surface area contributed by atoms with Crippen LogP contribution in [0.1, 0.15) is 17.3 Å². The van der Waals surface area contributed by atoms with E-state index in [4.69, 9.17) is 5.84 Å². The van der Waals surface area contributed by atoms with E-state index in [1.165, 1.54) is 6.07 Å². The zero-order valence-corrected chi connectivity index (χ0v) is 11.1. The number of rotatable bonds is 4. The zero-order chi connectivity index (χ0) is 13.0. The maximum absolute atomic E-state index is 13.4. The van der Waals surface area contributed by atoms with Crippen molar-refractivity contribution in [3.8, 4) is 0 Å². The Morgan fingerprint density at radius 2 is 2.22 bits per heavy atom. The molecule has 0 saturated carbocycles. The second-order valence-corrected chi connectivity index (χ2v) is 4.56. The van der Waals surface area contributed by atoms with Crippen LogP contribution in [-0.4, -0.2) is 9.97 Å². The molecule has 1 atom stereocenters. The summed E-state index contributed by atoms with van der Waals surface area (Å²) < 4.78 is 13.9. The van der Waals surface area contributed by atoms with Crippen molar-refractivity contribution >= 4 is 15.9 Å². The van der Waals surface area contributed by atoms with Crippen LogP contribution in [-0.2, 0) is 6.42 Å². The van der Waals surface area contributed by atoms with E-state index in [1.807, 2.05) is 6.07 Å². The highest BCUT2D eigenvalue weighted by Crippen LogP contribution is 2.24. The minimum atomic E-state index is -0.289. The Hall–Kier alpha value is -1.37. The van der Waals surface area contributed by atoms with Crippen molar-refractivity contribution in [1.29, 1.82) is 0 Å². The average molecular weight is 311 g/mol. The smallest absolute Gasteiger partial charge is 0.137 e. The quantitative estimate of drug-likeness (QED) is 0.671. The highest BCUT2D eigenvalue weighted by atomic mass is 79.9. The van der Waals surface area contributed by atoms with Gasteiger partial charge in [-0.15, -0.1) is 0 Å². The first-order chi connectivity index (χ1) is 8.72. The van der Waals surface area contributed by atoms with Gasteiger partial charge in [-0.05, 0) is 34.0 Å². The lowest BCUT2D eigenvalue weighted by Gasteiger charge is -2.15. The molecule has 0 aliphatic carbocycles. The maximum Gasteiger partial charge on any atom is 0.137 e. The fraction of sp³-hybridized carbons (Fsp3) is 0.167. The maximum atomic E-state index is 13.4. The molecular formula is C12H12BrFN4. The molecule has 1 unspecified atom stereocenters. The predicted octanol–water partition coefficient (Wildman–Crippen LogP) is 2.13. The van der Waals surface area contributed by atoms with Gasteiger partial charge < -0.3 is 0 Å². The molecule has 0 spiro atoms. The Morgan fingerprint density at radius 1 is 1.39 bits per heavy atom. The van der Waals surface area contributed by atoms with Crippen LogP contribution in [0.3, 0.4) is 0 Å². The third kappa shape index (κ3) is 2.90. The molecule has 0 saturated heterocycles. The van der Waals surface area contributed by atoms with Crippen molar-refractivity contribution in [3.05, 3.63) is 58.3 Å². The van der Waals surface area contributed by atoms with Crippen LogP contribution >= 0.6 is 15.9 Å². The molecule has 0 bridgehead atoms. The molecule has 1 aromatic carbocycles. The van der Waals surface area contributed by atoms with Crippen molar-refractivity contribution < 1.29 is 4.39 Å². The Labute approximate surface area is 113 Å². The molecule has 3 N–H and O–H groups in total. The van der Waals surface area contributed by atoms with Crippen molar-refractivity contribution in [2.45, 2.75) is 12.5 Å². The Morgan fingerprint density at radius 3 is 2.89 bits per heavy atom. The van der Waals surface area contributed by atoms with Gasteiger partial charge in [-0.2, -0.15) is 0 Å². The van der Waals surface area contributed by atoms with Gasteiger partial charge in [0.1, 0.15) is 5.82 Å². The largest absolute Gasteiger partial charge is 0.271 e. The van der Waals surface area contributed by atoms with Gasteiger partial charge in [-0.25, -0.2) is 4.39 Å². The van der Waals surface area contributed by atoms with E-state index in [-0.39, 0.29) is 11.9 Å². The predicted molar refractivity (Wildman–Crippen MR) is 69.9 cm³/mol. The van der Waals surface area contributed by atoms with Crippen molar-refractivity contribution in [2.24, 2.45) is 5.84 Å². The molecule has 0 aliphatic rings. The Balaban J connectivity index is 2.24. The van der Waals surface area contributed by atoms with Crippen LogP contribution in [0, 0.1) is 5.82 Å². The van der Waals surface area contributed by atoms with Crippen molar-refractivity contribution in [2.75, 3.05) is 0 Å². The van der Waals surface area contributed by atoms with Gasteiger partial charge in [0.15, 0.2) is 0 Å². The number of aromatic nitrogens is 2.